The lowest BCUT2D eigenvalue weighted by molar-refractivity contribution is 0.0583. The lowest BCUT2D eigenvalue weighted by Crippen LogP contribution is -2.45. The number of hydrogen-bond donors (Lipinski definition) is 1. The Morgan fingerprint density at radius 1 is 1.12 bits per heavy atom. The van der Waals surface area contributed by atoms with Crippen molar-refractivity contribution >= 4 is 0 Å². The molecule has 1 heteroatoms. The zero-order valence-corrected chi connectivity index (χ0v) is 11.0. The predicted molar refractivity (Wildman–Crippen MR) is 67.9 cm³/mol. The number of benzene rings is 1. The highest BCUT2D eigenvalue weighted by Crippen LogP contribution is 2.45. The molecular weight excluding hydrogens is 196 g/mol. The van der Waals surface area contributed by atoms with Crippen molar-refractivity contribution in [3.05, 3.63) is 34.9 Å². The SMILES string of the molecule is Cc1ccc2c(c1)C(C)(C)[C@@H](O)CC2(C)C. The quantitative estimate of drug-likeness (QED) is 0.708. The van der Waals surface area contributed by atoms with E-state index in [-0.39, 0.29) is 16.9 Å². The molecule has 0 spiro atoms. The minimum absolute atomic E-state index is 0.0813. The lowest BCUT2D eigenvalue weighted by Gasteiger charge is -2.45. The van der Waals surface area contributed by atoms with Gasteiger partial charge in [-0.15, -0.1) is 0 Å². The average Bonchev–Trinajstić information content (AvgIpc) is 2.14. The first kappa shape index (κ1) is 11.7. The van der Waals surface area contributed by atoms with E-state index in [0.29, 0.717) is 0 Å². The van der Waals surface area contributed by atoms with E-state index in [4.69, 9.17) is 0 Å². The number of aryl methyl sites for hydroxylation is 1. The van der Waals surface area contributed by atoms with Crippen LogP contribution in [0.5, 0.6) is 0 Å². The van der Waals surface area contributed by atoms with Crippen LogP contribution in [0.3, 0.4) is 0 Å². The molecule has 0 radical (unpaired) electrons. The second-order valence-corrected chi connectivity index (χ2v) is 6.37. The number of aliphatic hydroxyl groups excluding tert-OH is 1. The van der Waals surface area contributed by atoms with Crippen LogP contribution in [0.1, 0.15) is 50.8 Å². The fraction of sp³-hybridized carbons (Fsp3) is 0.600. The van der Waals surface area contributed by atoms with Crippen molar-refractivity contribution in [1.29, 1.82) is 0 Å². The molecule has 1 N–H and O–H groups in total. The maximum atomic E-state index is 10.3. The molecule has 0 amide bonds. The van der Waals surface area contributed by atoms with Crippen molar-refractivity contribution in [2.45, 2.75) is 58.0 Å². The Hall–Kier alpha value is -0.820. The standard InChI is InChI=1S/C15H22O/c1-10-6-7-11-12(8-10)15(4,5)13(16)9-14(11,2)3/h6-8,13,16H,9H2,1-5H3/t13-/m0/s1. The van der Waals surface area contributed by atoms with Gasteiger partial charge >= 0.3 is 0 Å². The van der Waals surface area contributed by atoms with Gasteiger partial charge < -0.3 is 5.11 Å². The number of rotatable bonds is 0. The van der Waals surface area contributed by atoms with Gasteiger partial charge in [-0.05, 0) is 29.9 Å². The summed E-state index contributed by atoms with van der Waals surface area (Å²) in [6.45, 7) is 10.8. The van der Waals surface area contributed by atoms with Crippen LogP contribution < -0.4 is 0 Å². The smallest absolute Gasteiger partial charge is 0.0639 e. The number of hydrogen-bond acceptors (Lipinski definition) is 1. The van der Waals surface area contributed by atoms with Gasteiger partial charge in [0.25, 0.3) is 0 Å². The van der Waals surface area contributed by atoms with E-state index in [0.717, 1.165) is 6.42 Å². The van der Waals surface area contributed by atoms with E-state index in [2.05, 4.69) is 52.8 Å². The molecule has 1 aromatic rings. The largest absolute Gasteiger partial charge is 0.392 e. The Labute approximate surface area is 98.5 Å². The zero-order valence-electron chi connectivity index (χ0n) is 11.0. The van der Waals surface area contributed by atoms with Crippen molar-refractivity contribution in [3.63, 3.8) is 0 Å². The van der Waals surface area contributed by atoms with Crippen LogP contribution in [0, 0.1) is 6.92 Å². The topological polar surface area (TPSA) is 20.2 Å². The molecule has 0 fully saturated rings. The molecular formula is C15H22O. The summed E-state index contributed by atoms with van der Waals surface area (Å²) in [7, 11) is 0. The molecule has 88 valence electrons. The molecule has 0 aromatic heterocycles. The summed E-state index contributed by atoms with van der Waals surface area (Å²) >= 11 is 0. The Morgan fingerprint density at radius 3 is 2.38 bits per heavy atom. The molecule has 16 heavy (non-hydrogen) atoms. The third-order valence-electron chi connectivity index (χ3n) is 4.14. The van der Waals surface area contributed by atoms with Crippen LogP contribution in [0.2, 0.25) is 0 Å². The molecule has 0 saturated carbocycles. The molecule has 1 aromatic carbocycles. The molecule has 1 aliphatic rings. The maximum absolute atomic E-state index is 10.3. The maximum Gasteiger partial charge on any atom is 0.0639 e. The second kappa shape index (κ2) is 3.33. The molecule has 0 unspecified atom stereocenters. The van der Waals surface area contributed by atoms with Crippen molar-refractivity contribution in [1.82, 2.24) is 0 Å². The first-order valence-corrected chi connectivity index (χ1v) is 6.05. The Bertz CT molecular complexity index is 415. The molecule has 0 aliphatic heterocycles. The van der Waals surface area contributed by atoms with Gasteiger partial charge in [-0.1, -0.05) is 51.5 Å². The van der Waals surface area contributed by atoms with E-state index in [1.54, 1.807) is 0 Å². The summed E-state index contributed by atoms with van der Waals surface area (Å²) in [5, 5.41) is 10.3. The summed E-state index contributed by atoms with van der Waals surface area (Å²) in [5.41, 5.74) is 3.94. The monoisotopic (exact) mass is 218 g/mol. The van der Waals surface area contributed by atoms with Gasteiger partial charge in [0, 0.05) is 5.41 Å². The minimum atomic E-state index is -0.253. The van der Waals surface area contributed by atoms with Crippen LogP contribution in [-0.4, -0.2) is 11.2 Å². The third-order valence-corrected chi connectivity index (χ3v) is 4.14. The Balaban J connectivity index is 2.68. The molecule has 1 aliphatic carbocycles. The van der Waals surface area contributed by atoms with Gasteiger partial charge in [-0.3, -0.25) is 0 Å². The van der Waals surface area contributed by atoms with Crippen molar-refractivity contribution < 1.29 is 5.11 Å². The lowest BCUT2D eigenvalue weighted by atomic mass is 9.61. The van der Waals surface area contributed by atoms with Crippen LogP contribution in [0.15, 0.2) is 18.2 Å². The van der Waals surface area contributed by atoms with Crippen molar-refractivity contribution in [2.24, 2.45) is 0 Å². The zero-order chi connectivity index (χ0) is 12.1. The Kier molecular flexibility index (Phi) is 2.43. The molecule has 1 atom stereocenters. The highest BCUT2D eigenvalue weighted by Gasteiger charge is 2.43. The van der Waals surface area contributed by atoms with Gasteiger partial charge in [0.2, 0.25) is 0 Å². The van der Waals surface area contributed by atoms with Crippen molar-refractivity contribution in [3.8, 4) is 0 Å². The van der Waals surface area contributed by atoms with Crippen LogP contribution in [0.25, 0.3) is 0 Å². The summed E-state index contributed by atoms with van der Waals surface area (Å²) in [5.74, 6) is 0. The summed E-state index contributed by atoms with van der Waals surface area (Å²) in [6.07, 6.45) is 0.590. The summed E-state index contributed by atoms with van der Waals surface area (Å²) < 4.78 is 0. The van der Waals surface area contributed by atoms with Gasteiger partial charge in [0.05, 0.1) is 6.10 Å². The number of aliphatic hydroxyl groups is 1. The molecule has 2 rings (SSSR count). The van der Waals surface area contributed by atoms with E-state index in [9.17, 15) is 5.11 Å². The van der Waals surface area contributed by atoms with Gasteiger partial charge in [-0.2, -0.15) is 0 Å². The minimum Gasteiger partial charge on any atom is -0.392 e. The third kappa shape index (κ3) is 1.58. The molecule has 0 bridgehead atoms. The van der Waals surface area contributed by atoms with Crippen LogP contribution in [-0.2, 0) is 10.8 Å². The predicted octanol–water partition coefficient (Wildman–Crippen LogP) is 3.31. The van der Waals surface area contributed by atoms with Crippen LogP contribution in [0.4, 0.5) is 0 Å². The van der Waals surface area contributed by atoms with Gasteiger partial charge in [-0.25, -0.2) is 0 Å². The van der Waals surface area contributed by atoms with E-state index >= 15 is 0 Å². The van der Waals surface area contributed by atoms with E-state index < -0.39 is 0 Å². The first-order chi connectivity index (χ1) is 7.25. The molecule has 1 nitrogen and oxygen atoms in total. The molecule has 0 heterocycles. The molecule has 0 saturated heterocycles. The number of fused-ring (bicyclic) bond motifs is 1. The first-order valence-electron chi connectivity index (χ1n) is 6.05. The highest BCUT2D eigenvalue weighted by molar-refractivity contribution is 5.44. The average molecular weight is 218 g/mol. The van der Waals surface area contributed by atoms with Gasteiger partial charge in [0.1, 0.15) is 0 Å². The fourth-order valence-corrected chi connectivity index (χ4v) is 2.81. The Morgan fingerprint density at radius 2 is 1.75 bits per heavy atom. The second-order valence-electron chi connectivity index (χ2n) is 6.37. The summed E-state index contributed by atoms with van der Waals surface area (Å²) in [6, 6.07) is 6.64. The normalized spacial score (nSPS) is 26.2. The van der Waals surface area contributed by atoms with Gasteiger partial charge in [0.15, 0.2) is 0 Å². The highest BCUT2D eigenvalue weighted by atomic mass is 16.3. The van der Waals surface area contributed by atoms with E-state index in [1.807, 2.05) is 0 Å². The van der Waals surface area contributed by atoms with Crippen molar-refractivity contribution in [2.75, 3.05) is 0 Å². The van der Waals surface area contributed by atoms with Crippen LogP contribution >= 0.6 is 0 Å². The van der Waals surface area contributed by atoms with E-state index in [1.165, 1.54) is 16.7 Å². The summed E-state index contributed by atoms with van der Waals surface area (Å²) in [4.78, 5) is 0. The fourth-order valence-electron chi connectivity index (χ4n) is 2.81.